The van der Waals surface area contributed by atoms with Gasteiger partial charge in [-0.15, -0.1) is 0 Å². The van der Waals surface area contributed by atoms with Crippen LogP contribution in [0.5, 0.6) is 11.5 Å². The fraction of sp³-hybridized carbons (Fsp3) is 0.571. The van der Waals surface area contributed by atoms with E-state index < -0.39 is 0 Å². The van der Waals surface area contributed by atoms with Crippen molar-refractivity contribution in [2.24, 2.45) is 0 Å². The molecule has 0 heterocycles. The molecule has 5 heteroatoms. The smallest absolute Gasteiger partial charge is 0.162 e. The lowest BCUT2D eigenvalue weighted by Crippen LogP contribution is -2.36. The van der Waals surface area contributed by atoms with Gasteiger partial charge in [-0.25, -0.2) is 0 Å². The molecule has 0 aromatic heterocycles. The zero-order chi connectivity index (χ0) is 14.4. The standard InChI is InChI=1S/C14H23NO4/c1-10-7-13(18-3)14(19-4)8-12(10)15(2)11(9-17)5-6-16/h7-8,11,16-17H,5-6,9H2,1-4H3. The number of hydrogen-bond acceptors (Lipinski definition) is 5. The van der Waals surface area contributed by atoms with Crippen molar-refractivity contribution in [3.8, 4) is 11.5 Å². The molecule has 1 atom stereocenters. The first-order valence-corrected chi connectivity index (χ1v) is 6.26. The fourth-order valence-electron chi connectivity index (χ4n) is 2.10. The van der Waals surface area contributed by atoms with Crippen LogP contribution in [0.3, 0.4) is 0 Å². The van der Waals surface area contributed by atoms with E-state index in [2.05, 4.69) is 0 Å². The third kappa shape index (κ3) is 3.52. The number of hydrogen-bond donors (Lipinski definition) is 2. The summed E-state index contributed by atoms with van der Waals surface area (Å²) in [5, 5.41) is 18.4. The van der Waals surface area contributed by atoms with Gasteiger partial charge in [0, 0.05) is 25.4 Å². The predicted molar refractivity (Wildman–Crippen MR) is 75.3 cm³/mol. The molecule has 0 aliphatic rings. The summed E-state index contributed by atoms with van der Waals surface area (Å²) in [6.07, 6.45) is 0.515. The third-order valence-corrected chi connectivity index (χ3v) is 3.30. The Bertz CT molecular complexity index is 409. The number of aryl methyl sites for hydroxylation is 1. The van der Waals surface area contributed by atoms with E-state index in [1.165, 1.54) is 0 Å². The fourth-order valence-corrected chi connectivity index (χ4v) is 2.10. The quantitative estimate of drug-likeness (QED) is 0.778. The summed E-state index contributed by atoms with van der Waals surface area (Å²) >= 11 is 0. The summed E-state index contributed by atoms with van der Waals surface area (Å²) in [4.78, 5) is 1.95. The van der Waals surface area contributed by atoms with Crippen LogP contribution >= 0.6 is 0 Å². The Kier molecular flexibility index (Phi) is 5.92. The molecule has 1 aromatic rings. The Morgan fingerprint density at radius 3 is 2.21 bits per heavy atom. The van der Waals surface area contributed by atoms with Gasteiger partial charge in [0.2, 0.25) is 0 Å². The Morgan fingerprint density at radius 2 is 1.74 bits per heavy atom. The first-order valence-electron chi connectivity index (χ1n) is 6.26. The lowest BCUT2D eigenvalue weighted by atomic mass is 10.1. The number of nitrogens with zero attached hydrogens (tertiary/aromatic N) is 1. The molecule has 0 aliphatic carbocycles. The Hall–Kier alpha value is -1.46. The third-order valence-electron chi connectivity index (χ3n) is 3.30. The summed E-state index contributed by atoms with van der Waals surface area (Å²) in [5.41, 5.74) is 1.97. The van der Waals surface area contributed by atoms with Gasteiger partial charge in [0.15, 0.2) is 11.5 Å². The second-order valence-electron chi connectivity index (χ2n) is 4.45. The van der Waals surface area contributed by atoms with E-state index in [1.807, 2.05) is 31.0 Å². The summed E-state index contributed by atoms with van der Waals surface area (Å²) in [6, 6.07) is 3.66. The first-order chi connectivity index (χ1) is 9.08. The van der Waals surface area contributed by atoms with E-state index in [-0.39, 0.29) is 19.3 Å². The van der Waals surface area contributed by atoms with Gasteiger partial charge < -0.3 is 24.6 Å². The topological polar surface area (TPSA) is 62.2 Å². The molecular formula is C14H23NO4. The van der Waals surface area contributed by atoms with Crippen molar-refractivity contribution in [1.82, 2.24) is 0 Å². The highest BCUT2D eigenvalue weighted by atomic mass is 16.5. The zero-order valence-electron chi connectivity index (χ0n) is 12.0. The number of anilines is 1. The SMILES string of the molecule is COc1cc(C)c(N(C)C(CO)CCO)cc1OC. The number of rotatable bonds is 7. The van der Waals surface area contributed by atoms with Crippen molar-refractivity contribution in [2.45, 2.75) is 19.4 Å². The van der Waals surface area contributed by atoms with Gasteiger partial charge in [-0.1, -0.05) is 0 Å². The lowest BCUT2D eigenvalue weighted by Gasteiger charge is -2.30. The zero-order valence-corrected chi connectivity index (χ0v) is 12.0. The molecule has 5 nitrogen and oxygen atoms in total. The van der Waals surface area contributed by atoms with Crippen molar-refractivity contribution in [2.75, 3.05) is 39.4 Å². The van der Waals surface area contributed by atoms with Crippen molar-refractivity contribution >= 4 is 5.69 Å². The minimum Gasteiger partial charge on any atom is -0.493 e. The first kappa shape index (κ1) is 15.6. The second-order valence-corrected chi connectivity index (χ2v) is 4.45. The minimum atomic E-state index is -0.123. The number of likely N-dealkylation sites (N-methyl/N-ethyl adjacent to an activating group) is 1. The Labute approximate surface area is 114 Å². The molecule has 1 rings (SSSR count). The van der Waals surface area contributed by atoms with E-state index in [0.29, 0.717) is 17.9 Å². The second kappa shape index (κ2) is 7.21. The van der Waals surface area contributed by atoms with Gasteiger partial charge in [-0.2, -0.15) is 0 Å². The molecule has 0 fully saturated rings. The summed E-state index contributed by atoms with van der Waals surface area (Å²) in [7, 11) is 5.09. The molecule has 19 heavy (non-hydrogen) atoms. The van der Waals surface area contributed by atoms with Crippen molar-refractivity contribution < 1.29 is 19.7 Å². The Balaban J connectivity index is 3.11. The van der Waals surface area contributed by atoms with Crippen LogP contribution in [0.15, 0.2) is 12.1 Å². The Morgan fingerprint density at radius 1 is 1.16 bits per heavy atom. The van der Waals surface area contributed by atoms with Crippen molar-refractivity contribution in [3.05, 3.63) is 17.7 Å². The normalized spacial score (nSPS) is 12.1. The summed E-state index contributed by atoms with van der Waals surface area (Å²) < 4.78 is 10.5. The lowest BCUT2D eigenvalue weighted by molar-refractivity contribution is 0.218. The van der Waals surface area contributed by atoms with Gasteiger partial charge in [0.25, 0.3) is 0 Å². The number of ether oxygens (including phenoxy) is 2. The number of aliphatic hydroxyl groups is 2. The molecular weight excluding hydrogens is 246 g/mol. The van der Waals surface area contributed by atoms with E-state index in [9.17, 15) is 5.11 Å². The monoisotopic (exact) mass is 269 g/mol. The van der Waals surface area contributed by atoms with E-state index >= 15 is 0 Å². The molecule has 0 saturated carbocycles. The molecule has 108 valence electrons. The molecule has 2 N–H and O–H groups in total. The van der Waals surface area contributed by atoms with Crippen molar-refractivity contribution in [3.63, 3.8) is 0 Å². The maximum absolute atomic E-state index is 9.40. The summed E-state index contributed by atoms with van der Waals surface area (Å²) in [6.45, 7) is 2.01. The van der Waals surface area contributed by atoms with Crippen molar-refractivity contribution in [1.29, 1.82) is 0 Å². The number of benzene rings is 1. The van der Waals surface area contributed by atoms with Crippen LogP contribution in [0, 0.1) is 6.92 Å². The van der Waals surface area contributed by atoms with Gasteiger partial charge in [-0.05, 0) is 25.0 Å². The molecule has 0 spiro atoms. The van der Waals surface area contributed by atoms with E-state index in [4.69, 9.17) is 14.6 Å². The molecule has 1 aromatic carbocycles. The maximum atomic E-state index is 9.40. The minimum absolute atomic E-state index is 0.00908. The van der Waals surface area contributed by atoms with E-state index in [1.54, 1.807) is 14.2 Å². The van der Waals surface area contributed by atoms with Gasteiger partial charge >= 0.3 is 0 Å². The van der Waals surface area contributed by atoms with E-state index in [0.717, 1.165) is 11.3 Å². The van der Waals surface area contributed by atoms with Gasteiger partial charge in [-0.3, -0.25) is 0 Å². The molecule has 0 amide bonds. The van der Waals surface area contributed by atoms with Gasteiger partial charge in [0.1, 0.15) is 0 Å². The van der Waals surface area contributed by atoms with Crippen LogP contribution in [0.1, 0.15) is 12.0 Å². The predicted octanol–water partition coefficient (Wildman–Crippen LogP) is 1.19. The molecule has 0 aliphatic heterocycles. The van der Waals surface area contributed by atoms with Crippen LogP contribution in [0.4, 0.5) is 5.69 Å². The number of methoxy groups -OCH3 is 2. The summed E-state index contributed by atoms with van der Waals surface area (Å²) in [5.74, 6) is 1.33. The number of aliphatic hydroxyl groups excluding tert-OH is 2. The molecule has 0 bridgehead atoms. The molecule has 0 radical (unpaired) electrons. The molecule has 0 saturated heterocycles. The van der Waals surface area contributed by atoms with Gasteiger partial charge in [0.05, 0.1) is 26.9 Å². The average molecular weight is 269 g/mol. The largest absolute Gasteiger partial charge is 0.493 e. The highest BCUT2D eigenvalue weighted by Gasteiger charge is 2.18. The maximum Gasteiger partial charge on any atom is 0.162 e. The average Bonchev–Trinajstić information content (AvgIpc) is 2.43. The van der Waals surface area contributed by atoms with Crippen LogP contribution in [-0.4, -0.2) is 50.7 Å². The van der Waals surface area contributed by atoms with Crippen LogP contribution in [0.25, 0.3) is 0 Å². The highest BCUT2D eigenvalue weighted by Crippen LogP contribution is 2.35. The van der Waals surface area contributed by atoms with Crippen LogP contribution in [0.2, 0.25) is 0 Å². The van der Waals surface area contributed by atoms with Crippen LogP contribution < -0.4 is 14.4 Å². The molecule has 1 unspecified atom stereocenters. The highest BCUT2D eigenvalue weighted by molar-refractivity contribution is 5.61. The van der Waals surface area contributed by atoms with Crippen LogP contribution in [-0.2, 0) is 0 Å².